The minimum absolute atomic E-state index is 0.0549. The van der Waals surface area contributed by atoms with Crippen LogP contribution in [0.4, 0.5) is 5.82 Å². The average molecular weight is 285 g/mol. The Hall–Kier alpha value is -1.14. The predicted octanol–water partition coefficient (Wildman–Crippen LogP) is 2.37. The molecule has 1 aromatic heterocycles. The van der Waals surface area contributed by atoms with Gasteiger partial charge in [-0.05, 0) is 26.3 Å². The summed E-state index contributed by atoms with van der Waals surface area (Å²) in [6.45, 7) is 6.62. The molecule has 1 heterocycles. The number of nitrogens with one attached hydrogen (secondary N) is 2. The lowest BCUT2D eigenvalue weighted by atomic mass is 10.2. The predicted molar refractivity (Wildman–Crippen MR) is 77.7 cm³/mol. The zero-order valence-corrected chi connectivity index (χ0v) is 12.6. The van der Waals surface area contributed by atoms with Gasteiger partial charge in [-0.2, -0.15) is 0 Å². The molecule has 0 saturated heterocycles. The number of sulfonamides is 1. The number of aromatic nitrogens is 1. The van der Waals surface area contributed by atoms with Gasteiger partial charge < -0.3 is 5.32 Å². The van der Waals surface area contributed by atoms with Crippen LogP contribution in [0, 0.1) is 0 Å². The number of rotatable bonds is 8. The summed E-state index contributed by atoms with van der Waals surface area (Å²) in [5.74, 6) is 0.576. The third-order valence-corrected chi connectivity index (χ3v) is 4.33. The van der Waals surface area contributed by atoms with E-state index in [1.165, 1.54) is 12.3 Å². The lowest BCUT2D eigenvalue weighted by molar-refractivity contribution is 0.534. The standard InChI is InChI=1S/C13H23N3O2S/c1-4-6-7-11(3)16-19(17,18)12-8-9-15-13(10-12)14-5-2/h8-11,16H,4-7H2,1-3H3,(H,14,15). The van der Waals surface area contributed by atoms with Crippen LogP contribution in [-0.4, -0.2) is 26.0 Å². The van der Waals surface area contributed by atoms with Crippen molar-refractivity contribution in [2.24, 2.45) is 0 Å². The van der Waals surface area contributed by atoms with E-state index in [2.05, 4.69) is 21.9 Å². The van der Waals surface area contributed by atoms with Crippen LogP contribution in [0.25, 0.3) is 0 Å². The van der Waals surface area contributed by atoms with E-state index in [-0.39, 0.29) is 10.9 Å². The second-order valence-corrected chi connectivity index (χ2v) is 6.29. The van der Waals surface area contributed by atoms with Crippen LogP contribution >= 0.6 is 0 Å². The van der Waals surface area contributed by atoms with Gasteiger partial charge in [0.2, 0.25) is 10.0 Å². The molecule has 0 fully saturated rings. The number of unbranched alkanes of at least 4 members (excludes halogenated alkanes) is 1. The molecule has 5 nitrogen and oxygen atoms in total. The van der Waals surface area contributed by atoms with Crippen LogP contribution in [0.2, 0.25) is 0 Å². The summed E-state index contributed by atoms with van der Waals surface area (Å²) in [7, 11) is -3.46. The smallest absolute Gasteiger partial charge is 0.240 e. The van der Waals surface area contributed by atoms with Crippen molar-refractivity contribution in [2.45, 2.75) is 51.0 Å². The molecule has 19 heavy (non-hydrogen) atoms. The lowest BCUT2D eigenvalue weighted by Crippen LogP contribution is -2.32. The Kier molecular flexibility index (Phi) is 6.24. The first kappa shape index (κ1) is 15.9. The van der Waals surface area contributed by atoms with Gasteiger partial charge in [0.1, 0.15) is 5.82 Å². The summed E-state index contributed by atoms with van der Waals surface area (Å²) in [4.78, 5) is 4.32. The molecule has 0 spiro atoms. The van der Waals surface area contributed by atoms with Gasteiger partial charge in [0.25, 0.3) is 0 Å². The van der Waals surface area contributed by atoms with Crippen molar-refractivity contribution in [1.29, 1.82) is 0 Å². The molecule has 0 aliphatic heterocycles. The highest BCUT2D eigenvalue weighted by atomic mass is 32.2. The van der Waals surface area contributed by atoms with Gasteiger partial charge >= 0.3 is 0 Å². The van der Waals surface area contributed by atoms with Gasteiger partial charge in [0.15, 0.2) is 0 Å². The molecule has 0 radical (unpaired) electrons. The minimum Gasteiger partial charge on any atom is -0.370 e. The lowest BCUT2D eigenvalue weighted by Gasteiger charge is -2.14. The molecule has 0 amide bonds. The molecule has 0 saturated carbocycles. The molecule has 0 aliphatic rings. The van der Waals surface area contributed by atoms with Crippen molar-refractivity contribution in [3.8, 4) is 0 Å². The SMILES string of the molecule is CCCCC(C)NS(=O)(=O)c1ccnc(NCC)c1. The van der Waals surface area contributed by atoms with E-state index in [1.54, 1.807) is 6.07 Å². The monoisotopic (exact) mass is 285 g/mol. The Morgan fingerprint density at radius 1 is 1.37 bits per heavy atom. The van der Waals surface area contributed by atoms with E-state index in [0.29, 0.717) is 12.4 Å². The van der Waals surface area contributed by atoms with Crippen LogP contribution in [0.1, 0.15) is 40.0 Å². The first-order valence-corrected chi connectivity index (χ1v) is 8.20. The summed E-state index contributed by atoms with van der Waals surface area (Å²) in [5.41, 5.74) is 0. The van der Waals surface area contributed by atoms with Crippen LogP contribution in [0.5, 0.6) is 0 Å². The normalized spacial score (nSPS) is 13.2. The van der Waals surface area contributed by atoms with Crippen molar-refractivity contribution in [3.63, 3.8) is 0 Å². The highest BCUT2D eigenvalue weighted by molar-refractivity contribution is 7.89. The maximum atomic E-state index is 12.2. The summed E-state index contributed by atoms with van der Waals surface area (Å²) >= 11 is 0. The second-order valence-electron chi connectivity index (χ2n) is 4.57. The van der Waals surface area contributed by atoms with E-state index >= 15 is 0 Å². The molecular formula is C13H23N3O2S. The van der Waals surface area contributed by atoms with Gasteiger partial charge in [0.05, 0.1) is 4.90 Å². The van der Waals surface area contributed by atoms with E-state index in [1.807, 2.05) is 13.8 Å². The van der Waals surface area contributed by atoms with Gasteiger partial charge in [-0.3, -0.25) is 0 Å². The van der Waals surface area contributed by atoms with Crippen molar-refractivity contribution >= 4 is 15.8 Å². The molecule has 2 N–H and O–H groups in total. The molecule has 6 heteroatoms. The quantitative estimate of drug-likeness (QED) is 0.769. The highest BCUT2D eigenvalue weighted by Gasteiger charge is 2.17. The second kappa shape index (κ2) is 7.45. The summed E-state index contributed by atoms with van der Waals surface area (Å²) in [6.07, 6.45) is 4.43. The minimum atomic E-state index is -3.46. The van der Waals surface area contributed by atoms with Gasteiger partial charge in [-0.1, -0.05) is 19.8 Å². The van der Waals surface area contributed by atoms with Crippen molar-refractivity contribution < 1.29 is 8.42 Å². The molecule has 0 aliphatic carbocycles. The summed E-state index contributed by atoms with van der Waals surface area (Å²) in [5, 5.41) is 3.00. The molecule has 108 valence electrons. The number of anilines is 1. The Morgan fingerprint density at radius 2 is 2.11 bits per heavy atom. The molecule has 0 aromatic carbocycles. The Balaban J connectivity index is 2.79. The number of hydrogen-bond donors (Lipinski definition) is 2. The fourth-order valence-corrected chi connectivity index (χ4v) is 3.05. The summed E-state index contributed by atoms with van der Waals surface area (Å²) < 4.78 is 27.1. The van der Waals surface area contributed by atoms with E-state index < -0.39 is 10.0 Å². The zero-order valence-electron chi connectivity index (χ0n) is 11.8. The maximum Gasteiger partial charge on any atom is 0.240 e. The van der Waals surface area contributed by atoms with Crippen LogP contribution < -0.4 is 10.0 Å². The van der Waals surface area contributed by atoms with E-state index in [9.17, 15) is 8.42 Å². The first-order valence-electron chi connectivity index (χ1n) is 6.71. The Labute approximate surface area is 115 Å². The van der Waals surface area contributed by atoms with Gasteiger partial charge in [-0.15, -0.1) is 0 Å². The first-order chi connectivity index (χ1) is 8.99. The largest absolute Gasteiger partial charge is 0.370 e. The number of hydrogen-bond acceptors (Lipinski definition) is 4. The third-order valence-electron chi connectivity index (χ3n) is 2.75. The fourth-order valence-electron chi connectivity index (χ4n) is 1.76. The Morgan fingerprint density at radius 3 is 2.74 bits per heavy atom. The van der Waals surface area contributed by atoms with Crippen LogP contribution in [-0.2, 0) is 10.0 Å². The van der Waals surface area contributed by atoms with Gasteiger partial charge in [-0.25, -0.2) is 18.1 Å². The molecule has 1 unspecified atom stereocenters. The summed E-state index contributed by atoms with van der Waals surface area (Å²) in [6, 6.07) is 3.01. The van der Waals surface area contributed by atoms with Crippen LogP contribution in [0.15, 0.2) is 23.2 Å². The number of pyridine rings is 1. The van der Waals surface area contributed by atoms with E-state index in [0.717, 1.165) is 19.3 Å². The Bertz CT molecular complexity index is 488. The molecule has 1 aromatic rings. The average Bonchev–Trinajstić information content (AvgIpc) is 2.36. The van der Waals surface area contributed by atoms with Crippen molar-refractivity contribution in [3.05, 3.63) is 18.3 Å². The zero-order chi connectivity index (χ0) is 14.3. The molecule has 0 bridgehead atoms. The number of nitrogens with zero attached hydrogens (tertiary/aromatic N) is 1. The molecule has 1 atom stereocenters. The van der Waals surface area contributed by atoms with Crippen molar-refractivity contribution in [1.82, 2.24) is 9.71 Å². The van der Waals surface area contributed by atoms with Gasteiger partial charge in [0, 0.05) is 24.8 Å². The fraction of sp³-hybridized carbons (Fsp3) is 0.615. The van der Waals surface area contributed by atoms with Crippen molar-refractivity contribution in [2.75, 3.05) is 11.9 Å². The van der Waals surface area contributed by atoms with Crippen LogP contribution in [0.3, 0.4) is 0 Å². The van der Waals surface area contributed by atoms with E-state index in [4.69, 9.17) is 0 Å². The molecular weight excluding hydrogens is 262 g/mol. The topological polar surface area (TPSA) is 71.1 Å². The maximum absolute atomic E-state index is 12.2. The highest BCUT2D eigenvalue weighted by Crippen LogP contribution is 2.13. The third kappa shape index (κ3) is 5.16. The molecule has 1 rings (SSSR count).